The van der Waals surface area contributed by atoms with E-state index >= 15 is 0 Å². The Morgan fingerprint density at radius 3 is 1.73 bits per heavy atom. The van der Waals surface area contributed by atoms with E-state index in [0.717, 1.165) is 27.8 Å². The molecule has 2 rings (SSSR count). The molecule has 2 N–H and O–H groups in total. The predicted octanol–water partition coefficient (Wildman–Crippen LogP) is 1.80. The van der Waals surface area contributed by atoms with Gasteiger partial charge in [0, 0.05) is 26.2 Å². The third-order valence-electron chi connectivity index (χ3n) is 5.96. The van der Waals surface area contributed by atoms with Gasteiger partial charge in [-0.1, -0.05) is 6.92 Å². The lowest BCUT2D eigenvalue weighted by atomic mass is 9.95. The molecule has 7 heteroatoms. The third-order valence-corrected chi connectivity index (χ3v) is 8.13. The van der Waals surface area contributed by atoms with Crippen LogP contribution in [0.4, 0.5) is 0 Å². The van der Waals surface area contributed by atoms with Gasteiger partial charge in [-0.2, -0.15) is 4.31 Å². The smallest absolute Gasteiger partial charge is 0.243 e. The molecule has 1 amide bonds. The first kappa shape index (κ1) is 20.9. The Bertz CT molecular complexity index is 781. The number of nitrogens with two attached hydrogens (primary N) is 1. The van der Waals surface area contributed by atoms with Crippen LogP contribution >= 0.6 is 0 Å². The van der Waals surface area contributed by atoms with Crippen molar-refractivity contribution in [1.82, 2.24) is 9.21 Å². The quantitative estimate of drug-likeness (QED) is 0.843. The van der Waals surface area contributed by atoms with Crippen LogP contribution in [-0.4, -0.2) is 55.8 Å². The van der Waals surface area contributed by atoms with E-state index in [9.17, 15) is 13.2 Å². The van der Waals surface area contributed by atoms with Gasteiger partial charge in [-0.05, 0) is 68.9 Å². The Hall–Kier alpha value is -1.44. The summed E-state index contributed by atoms with van der Waals surface area (Å²) < 4.78 is 28.2. The van der Waals surface area contributed by atoms with Gasteiger partial charge in [-0.25, -0.2) is 8.42 Å². The number of carbonyl (C=O) groups excluding carboxylic acids is 1. The van der Waals surface area contributed by atoms with Gasteiger partial charge in [0.2, 0.25) is 15.9 Å². The summed E-state index contributed by atoms with van der Waals surface area (Å²) in [4.78, 5) is 14.0. The van der Waals surface area contributed by atoms with Crippen molar-refractivity contribution in [2.24, 2.45) is 5.73 Å². The average Bonchev–Trinajstić information content (AvgIpc) is 2.59. The number of hydrogen-bond donors (Lipinski definition) is 1. The molecule has 0 radical (unpaired) electrons. The topological polar surface area (TPSA) is 83.7 Å². The normalized spacial score (nSPS) is 18.1. The molecule has 0 saturated carbocycles. The van der Waals surface area contributed by atoms with E-state index in [1.54, 1.807) is 4.31 Å². The van der Waals surface area contributed by atoms with E-state index in [4.69, 9.17) is 5.73 Å². The van der Waals surface area contributed by atoms with Gasteiger partial charge in [0.05, 0.1) is 10.9 Å². The number of rotatable bonds is 5. The Labute approximate surface area is 157 Å². The minimum atomic E-state index is -3.57. The van der Waals surface area contributed by atoms with Crippen LogP contribution in [0.2, 0.25) is 0 Å². The Balaban J connectivity index is 2.33. The van der Waals surface area contributed by atoms with Crippen LogP contribution in [0.3, 0.4) is 0 Å². The first-order chi connectivity index (χ1) is 12.0. The largest absolute Gasteiger partial charge is 0.368 e. The molecule has 0 spiro atoms. The van der Waals surface area contributed by atoms with Gasteiger partial charge in [-0.15, -0.1) is 0 Å². The molecule has 1 aliphatic heterocycles. The Morgan fingerprint density at radius 2 is 1.35 bits per heavy atom. The van der Waals surface area contributed by atoms with Crippen molar-refractivity contribution in [1.29, 1.82) is 0 Å². The number of nitrogens with zero attached hydrogens (tertiary/aromatic N) is 2. The molecule has 146 valence electrons. The number of hydrogen-bond acceptors (Lipinski definition) is 4. The number of primary amides is 1. The number of piperazine rings is 1. The van der Waals surface area contributed by atoms with E-state index < -0.39 is 10.0 Å². The first-order valence-electron chi connectivity index (χ1n) is 9.14. The molecule has 1 fully saturated rings. The molecule has 1 aliphatic rings. The van der Waals surface area contributed by atoms with Crippen molar-refractivity contribution in [3.05, 3.63) is 27.8 Å². The summed E-state index contributed by atoms with van der Waals surface area (Å²) >= 11 is 0. The summed E-state index contributed by atoms with van der Waals surface area (Å²) in [5.74, 6) is -0.347. The molecular formula is C19H31N3O3S. The predicted molar refractivity (Wildman–Crippen MR) is 104 cm³/mol. The van der Waals surface area contributed by atoms with Crippen LogP contribution in [0.25, 0.3) is 0 Å². The second kappa shape index (κ2) is 7.66. The van der Waals surface area contributed by atoms with Crippen LogP contribution in [-0.2, 0) is 14.8 Å². The van der Waals surface area contributed by atoms with E-state index in [-0.39, 0.29) is 11.9 Å². The molecule has 0 bridgehead atoms. The molecule has 1 unspecified atom stereocenters. The van der Waals surface area contributed by atoms with Crippen molar-refractivity contribution in [3.63, 3.8) is 0 Å². The summed E-state index contributed by atoms with van der Waals surface area (Å²) in [6, 6.07) is -0.327. The van der Waals surface area contributed by atoms with Crippen LogP contribution in [0.15, 0.2) is 4.90 Å². The van der Waals surface area contributed by atoms with Crippen LogP contribution in [0.1, 0.15) is 41.2 Å². The second-order valence-corrected chi connectivity index (χ2v) is 9.10. The van der Waals surface area contributed by atoms with Crippen molar-refractivity contribution < 1.29 is 13.2 Å². The van der Waals surface area contributed by atoms with Gasteiger partial charge in [-0.3, -0.25) is 9.69 Å². The van der Waals surface area contributed by atoms with Gasteiger partial charge >= 0.3 is 0 Å². The minimum absolute atomic E-state index is 0.327. The lowest BCUT2D eigenvalue weighted by Crippen LogP contribution is -2.55. The maximum atomic E-state index is 13.3. The average molecular weight is 382 g/mol. The zero-order valence-corrected chi connectivity index (χ0v) is 17.5. The molecule has 26 heavy (non-hydrogen) atoms. The Kier molecular flexibility index (Phi) is 6.15. The van der Waals surface area contributed by atoms with Gasteiger partial charge < -0.3 is 5.73 Å². The summed E-state index contributed by atoms with van der Waals surface area (Å²) in [7, 11) is -3.57. The summed E-state index contributed by atoms with van der Waals surface area (Å²) in [6.45, 7) is 13.5. The Morgan fingerprint density at radius 1 is 0.923 bits per heavy atom. The number of benzene rings is 1. The highest BCUT2D eigenvalue weighted by atomic mass is 32.2. The molecule has 1 saturated heterocycles. The number of carbonyl (C=O) groups is 1. The highest BCUT2D eigenvalue weighted by Crippen LogP contribution is 2.32. The zero-order chi connectivity index (χ0) is 19.8. The van der Waals surface area contributed by atoms with Crippen molar-refractivity contribution in [2.45, 2.75) is 58.9 Å². The monoisotopic (exact) mass is 381 g/mol. The SMILES string of the molecule is CCC(C(N)=O)N1CCN(S(=O)(=O)c2c(C)c(C)c(C)c(C)c2C)CC1. The molecule has 1 aromatic carbocycles. The maximum absolute atomic E-state index is 13.3. The van der Waals surface area contributed by atoms with Gasteiger partial charge in [0.1, 0.15) is 0 Å². The summed E-state index contributed by atoms with van der Waals surface area (Å²) in [5.41, 5.74) is 10.3. The zero-order valence-electron chi connectivity index (χ0n) is 16.7. The van der Waals surface area contributed by atoms with E-state index in [1.165, 1.54) is 0 Å². The number of sulfonamides is 1. The van der Waals surface area contributed by atoms with Gasteiger partial charge in [0.15, 0.2) is 0 Å². The fourth-order valence-electron chi connectivity index (χ4n) is 3.88. The van der Waals surface area contributed by atoms with Crippen LogP contribution < -0.4 is 5.73 Å². The lowest BCUT2D eigenvalue weighted by Gasteiger charge is -2.37. The fourth-order valence-corrected chi connectivity index (χ4v) is 5.86. The summed E-state index contributed by atoms with van der Waals surface area (Å²) in [5, 5.41) is 0. The highest BCUT2D eigenvalue weighted by molar-refractivity contribution is 7.89. The van der Waals surface area contributed by atoms with Crippen molar-refractivity contribution in [2.75, 3.05) is 26.2 Å². The van der Waals surface area contributed by atoms with E-state index in [2.05, 4.69) is 0 Å². The van der Waals surface area contributed by atoms with Gasteiger partial charge in [0.25, 0.3) is 0 Å². The van der Waals surface area contributed by atoms with Crippen LogP contribution in [0.5, 0.6) is 0 Å². The second-order valence-electron chi connectivity index (χ2n) is 7.22. The fraction of sp³-hybridized carbons (Fsp3) is 0.632. The maximum Gasteiger partial charge on any atom is 0.243 e. The van der Waals surface area contributed by atoms with Crippen molar-refractivity contribution >= 4 is 15.9 Å². The molecule has 1 atom stereocenters. The van der Waals surface area contributed by atoms with Crippen molar-refractivity contribution in [3.8, 4) is 0 Å². The van der Waals surface area contributed by atoms with Crippen LogP contribution in [0, 0.1) is 34.6 Å². The van der Waals surface area contributed by atoms with E-state index in [0.29, 0.717) is 37.5 Å². The molecule has 0 aliphatic carbocycles. The van der Waals surface area contributed by atoms with E-state index in [1.807, 2.05) is 46.4 Å². The standard InChI is InChI=1S/C19H31N3O3S/c1-7-17(19(20)23)21-8-10-22(11-9-21)26(24,25)18-15(5)13(3)12(2)14(4)16(18)6/h17H,7-11H2,1-6H3,(H2,20,23). The molecular weight excluding hydrogens is 350 g/mol. The molecule has 1 aromatic rings. The summed E-state index contributed by atoms with van der Waals surface area (Å²) in [6.07, 6.45) is 0.636. The third kappa shape index (κ3) is 3.52. The number of amides is 1. The molecule has 1 heterocycles. The molecule has 0 aromatic heterocycles. The highest BCUT2D eigenvalue weighted by Gasteiger charge is 2.34. The lowest BCUT2D eigenvalue weighted by molar-refractivity contribution is -0.123. The molecule has 6 nitrogen and oxygen atoms in total. The first-order valence-corrected chi connectivity index (χ1v) is 10.6. The minimum Gasteiger partial charge on any atom is -0.368 e.